The Morgan fingerprint density at radius 3 is 1.40 bits per heavy atom. The SMILES string of the molecule is CC.CC.CCC.CCCCCCCCCCC(C=O)CC.CCCCCCCCCCCCCOC(=O)CCSCCC(N)C(C)=O. The topological polar surface area (TPSA) is 86.5 Å². The zero-order chi connectivity index (χ0) is 37.5. The monoisotopic (exact) mass is 704 g/mol. The number of nitrogens with two attached hydrogens (primary N) is 1. The van der Waals surface area contributed by atoms with E-state index in [0.29, 0.717) is 25.4 Å². The van der Waals surface area contributed by atoms with E-state index in [-0.39, 0.29) is 17.8 Å². The summed E-state index contributed by atoms with van der Waals surface area (Å²) in [4.78, 5) is 33.2. The number of rotatable bonds is 30. The van der Waals surface area contributed by atoms with E-state index in [1.165, 1.54) is 122 Å². The summed E-state index contributed by atoms with van der Waals surface area (Å²) in [6, 6.07) is -0.365. The predicted molar refractivity (Wildman–Crippen MR) is 218 cm³/mol. The van der Waals surface area contributed by atoms with Crippen LogP contribution >= 0.6 is 11.8 Å². The zero-order valence-electron chi connectivity index (χ0n) is 34.4. The Kier molecular flexibility index (Phi) is 65.4. The van der Waals surface area contributed by atoms with Gasteiger partial charge in [-0.3, -0.25) is 9.59 Å². The summed E-state index contributed by atoms with van der Waals surface area (Å²) in [5.41, 5.74) is 5.66. The van der Waals surface area contributed by atoms with Gasteiger partial charge in [0.15, 0.2) is 0 Å². The molecule has 2 N–H and O–H groups in total. The van der Waals surface area contributed by atoms with Gasteiger partial charge in [-0.1, -0.05) is 184 Å². The summed E-state index contributed by atoms with van der Waals surface area (Å²) in [6.45, 7) is 20.9. The number of ketones is 1. The summed E-state index contributed by atoms with van der Waals surface area (Å²) in [7, 11) is 0. The predicted octanol–water partition coefficient (Wildman–Crippen LogP) is 13.5. The van der Waals surface area contributed by atoms with E-state index in [4.69, 9.17) is 10.5 Å². The van der Waals surface area contributed by atoms with E-state index in [1.54, 1.807) is 11.8 Å². The molecule has 0 aliphatic heterocycles. The van der Waals surface area contributed by atoms with E-state index in [1.807, 2.05) is 27.7 Å². The van der Waals surface area contributed by atoms with Gasteiger partial charge in [0.2, 0.25) is 0 Å². The molecule has 0 amide bonds. The summed E-state index contributed by atoms with van der Waals surface area (Å²) < 4.78 is 5.26. The zero-order valence-corrected chi connectivity index (χ0v) is 35.3. The van der Waals surface area contributed by atoms with Gasteiger partial charge in [-0.2, -0.15) is 11.8 Å². The minimum absolute atomic E-state index is 0.0250. The average Bonchev–Trinajstić information content (AvgIpc) is 3.10. The minimum Gasteiger partial charge on any atom is -0.466 e. The third-order valence-corrected chi connectivity index (χ3v) is 8.72. The fourth-order valence-corrected chi connectivity index (χ4v) is 5.54. The fourth-order valence-electron chi connectivity index (χ4n) is 4.60. The highest BCUT2D eigenvalue weighted by Gasteiger charge is 2.08. The van der Waals surface area contributed by atoms with E-state index < -0.39 is 0 Å². The molecule has 2 unspecified atom stereocenters. The third kappa shape index (κ3) is 57.4. The molecule has 0 aromatic rings. The van der Waals surface area contributed by atoms with Crippen molar-refractivity contribution in [3.63, 3.8) is 0 Å². The first kappa shape index (κ1) is 56.5. The van der Waals surface area contributed by atoms with Gasteiger partial charge in [-0.15, -0.1) is 0 Å². The Morgan fingerprint density at radius 1 is 0.625 bits per heavy atom. The molecule has 48 heavy (non-hydrogen) atoms. The second-order valence-corrected chi connectivity index (χ2v) is 13.6. The minimum atomic E-state index is -0.365. The van der Waals surface area contributed by atoms with Crippen molar-refractivity contribution >= 4 is 29.8 Å². The first-order valence-corrected chi connectivity index (χ1v) is 21.9. The number of thioether (sulfide) groups is 1. The van der Waals surface area contributed by atoms with Crippen molar-refractivity contribution in [1.82, 2.24) is 0 Å². The van der Waals surface area contributed by atoms with Crippen LogP contribution in [0.3, 0.4) is 0 Å². The molecule has 5 nitrogen and oxygen atoms in total. The number of esters is 1. The molecule has 0 aromatic heterocycles. The second-order valence-electron chi connectivity index (χ2n) is 12.4. The van der Waals surface area contributed by atoms with Gasteiger partial charge in [0.25, 0.3) is 0 Å². The van der Waals surface area contributed by atoms with E-state index >= 15 is 0 Å². The molecule has 0 aliphatic carbocycles. The Balaban J connectivity index is -0.000000236. The molecule has 6 heteroatoms. The van der Waals surface area contributed by atoms with Crippen molar-refractivity contribution in [3.8, 4) is 0 Å². The lowest BCUT2D eigenvalue weighted by Gasteiger charge is -2.07. The average molecular weight is 704 g/mol. The second kappa shape index (κ2) is 55.5. The first-order valence-electron chi connectivity index (χ1n) is 20.8. The van der Waals surface area contributed by atoms with Gasteiger partial charge in [0.05, 0.1) is 19.1 Å². The summed E-state index contributed by atoms with van der Waals surface area (Å²) in [5, 5.41) is 0. The van der Waals surface area contributed by atoms with Crippen LogP contribution in [0.5, 0.6) is 0 Å². The number of Topliss-reactive ketones (excluding diaryl/α,β-unsaturated/α-hetero) is 1. The van der Waals surface area contributed by atoms with Gasteiger partial charge >= 0.3 is 5.97 Å². The summed E-state index contributed by atoms with van der Waals surface area (Å²) >= 11 is 1.66. The van der Waals surface area contributed by atoms with Crippen LogP contribution in [0.15, 0.2) is 0 Å². The van der Waals surface area contributed by atoms with Crippen molar-refractivity contribution in [3.05, 3.63) is 0 Å². The lowest BCUT2D eigenvalue weighted by molar-refractivity contribution is -0.143. The van der Waals surface area contributed by atoms with Crippen LogP contribution < -0.4 is 5.73 Å². The number of carbonyl (C=O) groups is 3. The molecule has 0 heterocycles. The number of hydrogen-bond donors (Lipinski definition) is 1. The van der Waals surface area contributed by atoms with Gasteiger partial charge < -0.3 is 15.3 Å². The maximum Gasteiger partial charge on any atom is 0.306 e. The molecule has 0 radical (unpaired) electrons. The van der Waals surface area contributed by atoms with Gasteiger partial charge in [-0.25, -0.2) is 0 Å². The Bertz CT molecular complexity index is 588. The van der Waals surface area contributed by atoms with Crippen LogP contribution in [0.1, 0.15) is 223 Å². The number of ether oxygens (including phenoxy) is 1. The highest BCUT2D eigenvalue weighted by molar-refractivity contribution is 7.99. The highest BCUT2D eigenvalue weighted by atomic mass is 32.2. The first-order chi connectivity index (χ1) is 23.3. The fraction of sp³-hybridized carbons (Fsp3) is 0.929. The molecule has 2 atom stereocenters. The maximum absolute atomic E-state index is 11.6. The Morgan fingerprint density at radius 2 is 1.02 bits per heavy atom. The van der Waals surface area contributed by atoms with Crippen LogP contribution in [0.4, 0.5) is 0 Å². The van der Waals surface area contributed by atoms with Crippen LogP contribution in [0, 0.1) is 5.92 Å². The number of hydrogen-bond acceptors (Lipinski definition) is 6. The largest absolute Gasteiger partial charge is 0.466 e. The van der Waals surface area contributed by atoms with Crippen molar-refractivity contribution in [2.75, 3.05) is 18.1 Å². The molecule has 0 rings (SSSR count). The van der Waals surface area contributed by atoms with Crippen molar-refractivity contribution in [2.45, 2.75) is 229 Å². The Labute approximate surface area is 307 Å². The quantitative estimate of drug-likeness (QED) is 0.0455. The molecular formula is C42H89NO4S. The molecule has 0 saturated carbocycles. The Hall–Kier alpha value is -0.880. The molecule has 0 spiro atoms. The van der Waals surface area contributed by atoms with Crippen molar-refractivity contribution < 1.29 is 19.1 Å². The normalized spacial score (nSPS) is 11.1. The third-order valence-electron chi connectivity index (χ3n) is 7.70. The van der Waals surface area contributed by atoms with Crippen molar-refractivity contribution in [1.29, 1.82) is 0 Å². The maximum atomic E-state index is 11.6. The summed E-state index contributed by atoms with van der Waals surface area (Å²) in [5.74, 6) is 1.79. The lowest BCUT2D eigenvalue weighted by atomic mass is 9.99. The molecule has 292 valence electrons. The molecule has 0 bridgehead atoms. The number of unbranched alkanes of at least 4 members (excludes halogenated alkanes) is 17. The van der Waals surface area contributed by atoms with E-state index in [0.717, 1.165) is 43.5 Å². The lowest BCUT2D eigenvalue weighted by Crippen LogP contribution is -2.28. The molecule has 0 aromatic carbocycles. The van der Waals surface area contributed by atoms with E-state index in [2.05, 4.69) is 34.6 Å². The van der Waals surface area contributed by atoms with Crippen LogP contribution in [0.2, 0.25) is 0 Å². The molecule has 0 saturated heterocycles. The van der Waals surface area contributed by atoms with Crippen LogP contribution in [-0.4, -0.2) is 42.2 Å². The van der Waals surface area contributed by atoms with Crippen molar-refractivity contribution in [2.24, 2.45) is 11.7 Å². The number of carbonyl (C=O) groups excluding carboxylic acids is 3. The molecule has 0 fully saturated rings. The number of aldehydes is 1. The van der Waals surface area contributed by atoms with Gasteiger partial charge in [-0.05, 0) is 38.4 Å². The van der Waals surface area contributed by atoms with Crippen LogP contribution in [-0.2, 0) is 19.1 Å². The highest BCUT2D eigenvalue weighted by Crippen LogP contribution is 2.14. The van der Waals surface area contributed by atoms with Gasteiger partial charge in [0, 0.05) is 11.7 Å². The van der Waals surface area contributed by atoms with Gasteiger partial charge in [0.1, 0.15) is 12.1 Å². The molecular weight excluding hydrogens is 615 g/mol. The summed E-state index contributed by atoms with van der Waals surface area (Å²) in [6.07, 6.45) is 30.7. The van der Waals surface area contributed by atoms with E-state index in [9.17, 15) is 14.4 Å². The standard InChI is InChI=1S/C21H41NO3S.C14H28O.C3H8.2C2H6/c1-3-4-5-6-7-8-9-10-11-12-13-16-25-21(24)15-18-26-17-14-20(22)19(2)23;1-3-5-6-7-8-9-10-11-12-14(4-2)13-15;1-3-2;2*1-2/h20H,3-18,22H2,1-2H3;13-14H,3-12H2,1-2H3;3H2,1-2H3;2*1-2H3. The van der Waals surface area contributed by atoms with Crippen LogP contribution in [0.25, 0.3) is 0 Å². The smallest absolute Gasteiger partial charge is 0.306 e. The molecule has 0 aliphatic rings.